The summed E-state index contributed by atoms with van der Waals surface area (Å²) in [6.45, 7) is 4.87. The number of benzene rings is 5. The Balaban J connectivity index is 1.60. The summed E-state index contributed by atoms with van der Waals surface area (Å²) in [6.07, 6.45) is 0. The highest BCUT2D eigenvalue weighted by Crippen LogP contribution is 2.55. The van der Waals surface area contributed by atoms with Gasteiger partial charge in [-0.25, -0.2) is 0 Å². The third-order valence-corrected chi connectivity index (χ3v) is 12.3. The van der Waals surface area contributed by atoms with Crippen molar-refractivity contribution >= 4 is 37.1 Å². The fourth-order valence-corrected chi connectivity index (χ4v) is 10.5. The van der Waals surface area contributed by atoms with E-state index >= 15 is 0 Å². The maximum atomic E-state index is 2.44. The van der Waals surface area contributed by atoms with Crippen LogP contribution in [0.25, 0.3) is 0 Å². The highest BCUT2D eigenvalue weighted by molar-refractivity contribution is 7.73. The van der Waals surface area contributed by atoms with Crippen LogP contribution in [0.1, 0.15) is 36.3 Å². The molecule has 0 heterocycles. The molecule has 0 saturated heterocycles. The van der Waals surface area contributed by atoms with Gasteiger partial charge in [0.15, 0.2) is 0 Å². The molecule has 0 radical (unpaired) electrons. The van der Waals surface area contributed by atoms with Crippen LogP contribution in [-0.4, -0.2) is 0 Å². The van der Waals surface area contributed by atoms with E-state index in [2.05, 4.69) is 159 Å². The van der Waals surface area contributed by atoms with E-state index in [1.165, 1.54) is 32.3 Å². The van der Waals surface area contributed by atoms with E-state index in [0.29, 0.717) is 11.3 Å². The van der Waals surface area contributed by atoms with Gasteiger partial charge in [0.05, 0.1) is 0 Å². The predicted octanol–water partition coefficient (Wildman–Crippen LogP) is 8.07. The van der Waals surface area contributed by atoms with Gasteiger partial charge < -0.3 is 0 Å². The molecule has 0 aromatic heterocycles. The van der Waals surface area contributed by atoms with Gasteiger partial charge in [0.2, 0.25) is 0 Å². The van der Waals surface area contributed by atoms with Crippen molar-refractivity contribution in [3.8, 4) is 0 Å². The maximum Gasteiger partial charge on any atom is 0.00966 e. The van der Waals surface area contributed by atoms with Crippen LogP contribution in [0.15, 0.2) is 146 Å². The first-order chi connectivity index (χ1) is 17.7. The highest BCUT2D eigenvalue weighted by Gasteiger charge is 2.29. The molecule has 0 nitrogen and oxygen atoms in total. The van der Waals surface area contributed by atoms with Crippen molar-refractivity contribution in [1.29, 1.82) is 0 Å². The molecule has 178 valence electrons. The molecule has 0 aliphatic heterocycles. The Morgan fingerprint density at radius 2 is 0.556 bits per heavy atom. The minimum absolute atomic E-state index is 0.395. The summed E-state index contributed by atoms with van der Waals surface area (Å²) in [6, 6.07) is 53.6. The fourth-order valence-electron chi connectivity index (χ4n) is 5.10. The van der Waals surface area contributed by atoms with Crippen LogP contribution in [0.3, 0.4) is 0 Å². The number of hydrogen-bond acceptors (Lipinski definition) is 0. The molecule has 0 saturated carbocycles. The molecule has 2 unspecified atom stereocenters. The van der Waals surface area contributed by atoms with E-state index < -0.39 is 15.8 Å². The van der Waals surface area contributed by atoms with Gasteiger partial charge in [-0.3, -0.25) is 0 Å². The third kappa shape index (κ3) is 5.37. The minimum atomic E-state index is -0.550. The van der Waals surface area contributed by atoms with Crippen molar-refractivity contribution in [3.63, 3.8) is 0 Å². The molecular weight excluding hydrogens is 470 g/mol. The van der Waals surface area contributed by atoms with E-state index in [4.69, 9.17) is 0 Å². The molecule has 0 bridgehead atoms. The Labute approximate surface area is 218 Å². The van der Waals surface area contributed by atoms with Gasteiger partial charge in [0, 0.05) is 11.3 Å². The first-order valence-electron chi connectivity index (χ1n) is 12.6. The summed E-state index contributed by atoms with van der Waals surface area (Å²) >= 11 is 0. The van der Waals surface area contributed by atoms with Gasteiger partial charge in [-0.15, -0.1) is 0 Å². The second kappa shape index (κ2) is 11.8. The molecule has 5 aromatic carbocycles. The molecule has 0 aliphatic carbocycles. The van der Waals surface area contributed by atoms with Gasteiger partial charge in [0.1, 0.15) is 0 Å². The predicted molar refractivity (Wildman–Crippen MR) is 161 cm³/mol. The zero-order valence-electron chi connectivity index (χ0n) is 20.9. The average Bonchev–Trinajstić information content (AvgIpc) is 2.95. The SMILES string of the molecule is CC(c1ccccc1C(C)P(c1ccccc1)c1ccccc1)P(c1ccccc1)c1ccccc1. The molecule has 0 N–H and O–H groups in total. The number of rotatable bonds is 8. The molecule has 2 atom stereocenters. The summed E-state index contributed by atoms with van der Waals surface area (Å²) in [5, 5.41) is 5.73. The summed E-state index contributed by atoms with van der Waals surface area (Å²) in [5.41, 5.74) is 3.74. The summed E-state index contributed by atoms with van der Waals surface area (Å²) in [4.78, 5) is 0. The topological polar surface area (TPSA) is 0 Å². The fraction of sp³-hybridized carbons (Fsp3) is 0.118. The van der Waals surface area contributed by atoms with Crippen LogP contribution in [0, 0.1) is 0 Å². The normalized spacial score (nSPS) is 13.0. The van der Waals surface area contributed by atoms with E-state index in [9.17, 15) is 0 Å². The minimum Gasteiger partial charge on any atom is -0.0622 e. The van der Waals surface area contributed by atoms with Crippen molar-refractivity contribution < 1.29 is 0 Å². The van der Waals surface area contributed by atoms with E-state index in [1.54, 1.807) is 0 Å². The Bertz CT molecular complexity index is 1160. The molecule has 0 fully saturated rings. The zero-order chi connectivity index (χ0) is 24.7. The van der Waals surface area contributed by atoms with Crippen molar-refractivity contribution in [2.45, 2.75) is 25.2 Å². The standard InChI is InChI=1S/C34H32P2/c1-27(35(29-17-7-3-8-18-29)30-19-9-4-10-20-30)33-25-15-16-26-34(33)28(2)36(31-21-11-5-12-22-31)32-23-13-6-14-24-32/h3-28H,1-2H3. The third-order valence-electron chi connectivity index (χ3n) is 6.81. The Morgan fingerprint density at radius 1 is 0.333 bits per heavy atom. The van der Waals surface area contributed by atoms with Crippen molar-refractivity contribution in [1.82, 2.24) is 0 Å². The highest BCUT2D eigenvalue weighted by atomic mass is 31.1. The summed E-state index contributed by atoms with van der Waals surface area (Å²) in [7, 11) is -1.10. The molecule has 2 heteroatoms. The summed E-state index contributed by atoms with van der Waals surface area (Å²) < 4.78 is 0. The first kappa shape index (κ1) is 24.6. The van der Waals surface area contributed by atoms with Crippen LogP contribution in [0.5, 0.6) is 0 Å². The van der Waals surface area contributed by atoms with Gasteiger partial charge in [-0.2, -0.15) is 0 Å². The quantitative estimate of drug-likeness (QED) is 0.188. The van der Waals surface area contributed by atoms with Gasteiger partial charge in [-0.05, 0) is 48.2 Å². The van der Waals surface area contributed by atoms with E-state index in [-0.39, 0.29) is 0 Å². The Hall–Kier alpha value is -3.04. The summed E-state index contributed by atoms with van der Waals surface area (Å²) in [5.74, 6) is 0. The lowest BCUT2D eigenvalue weighted by Gasteiger charge is -2.32. The van der Waals surface area contributed by atoms with Crippen LogP contribution < -0.4 is 21.2 Å². The Morgan fingerprint density at radius 3 is 0.806 bits per heavy atom. The maximum absolute atomic E-state index is 2.44. The average molecular weight is 503 g/mol. The van der Waals surface area contributed by atoms with E-state index in [1.807, 2.05) is 0 Å². The van der Waals surface area contributed by atoms with Crippen molar-refractivity contribution in [2.75, 3.05) is 0 Å². The van der Waals surface area contributed by atoms with Gasteiger partial charge in [0.25, 0.3) is 0 Å². The van der Waals surface area contributed by atoms with Crippen LogP contribution in [0.2, 0.25) is 0 Å². The molecule has 0 aliphatic rings. The first-order valence-corrected chi connectivity index (χ1v) is 15.4. The number of hydrogen-bond donors (Lipinski definition) is 0. The largest absolute Gasteiger partial charge is 0.0622 e. The molecule has 0 spiro atoms. The molecule has 5 aromatic rings. The smallest absolute Gasteiger partial charge is 0.00966 e. The lowest BCUT2D eigenvalue weighted by molar-refractivity contribution is 0.990. The van der Waals surface area contributed by atoms with Crippen molar-refractivity contribution in [3.05, 3.63) is 157 Å². The lowest BCUT2D eigenvalue weighted by atomic mass is 10.0. The van der Waals surface area contributed by atoms with Gasteiger partial charge in [-0.1, -0.05) is 159 Å². The van der Waals surface area contributed by atoms with Crippen molar-refractivity contribution in [2.24, 2.45) is 0 Å². The molecular formula is C34H32P2. The van der Waals surface area contributed by atoms with Gasteiger partial charge >= 0.3 is 0 Å². The second-order valence-corrected chi connectivity index (χ2v) is 14.2. The van der Waals surface area contributed by atoms with Crippen LogP contribution in [0.4, 0.5) is 0 Å². The van der Waals surface area contributed by atoms with E-state index in [0.717, 1.165) is 0 Å². The molecule has 0 amide bonds. The second-order valence-electron chi connectivity index (χ2n) is 9.06. The van der Waals surface area contributed by atoms with Crippen LogP contribution >= 0.6 is 15.8 Å². The molecule has 36 heavy (non-hydrogen) atoms. The molecule has 5 rings (SSSR count). The monoisotopic (exact) mass is 502 g/mol. The van der Waals surface area contributed by atoms with Crippen LogP contribution in [-0.2, 0) is 0 Å². The lowest BCUT2D eigenvalue weighted by Crippen LogP contribution is -2.19. The zero-order valence-corrected chi connectivity index (χ0v) is 22.7. The Kier molecular flexibility index (Phi) is 8.08.